The van der Waals surface area contributed by atoms with E-state index in [9.17, 15) is 9.59 Å². The van der Waals surface area contributed by atoms with Gasteiger partial charge in [0.15, 0.2) is 11.5 Å². The molecule has 2 aromatic heterocycles. The number of carbonyl (C=O) groups excluding carboxylic acids is 1. The van der Waals surface area contributed by atoms with Crippen molar-refractivity contribution in [1.82, 2.24) is 19.9 Å². The van der Waals surface area contributed by atoms with Crippen molar-refractivity contribution < 1.29 is 14.3 Å². The van der Waals surface area contributed by atoms with Crippen molar-refractivity contribution in [2.45, 2.75) is 40.0 Å². The SMILES string of the molecule is CCOc1ccc(CCNC(=O)C2CCN(c3nn4c(=O)cc(C)nc4s3)CC2)cc1OCC. The van der Waals surface area contributed by atoms with Crippen LogP contribution in [0, 0.1) is 12.8 Å². The molecule has 1 fully saturated rings. The van der Waals surface area contributed by atoms with Gasteiger partial charge in [0.1, 0.15) is 0 Å². The molecule has 34 heavy (non-hydrogen) atoms. The highest BCUT2D eigenvalue weighted by molar-refractivity contribution is 7.20. The topological polar surface area (TPSA) is 98.1 Å². The van der Waals surface area contributed by atoms with Crippen LogP contribution < -0.4 is 25.2 Å². The Kier molecular flexibility index (Phi) is 7.66. The van der Waals surface area contributed by atoms with Crippen LogP contribution in [0.15, 0.2) is 29.1 Å². The first-order valence-electron chi connectivity index (χ1n) is 11.8. The maximum Gasteiger partial charge on any atom is 0.275 e. The van der Waals surface area contributed by atoms with Crippen molar-refractivity contribution >= 4 is 27.3 Å². The normalized spacial score (nSPS) is 14.4. The van der Waals surface area contributed by atoms with Gasteiger partial charge in [0, 0.05) is 37.3 Å². The largest absolute Gasteiger partial charge is 0.490 e. The van der Waals surface area contributed by atoms with Gasteiger partial charge in [-0.25, -0.2) is 4.98 Å². The fraction of sp³-hybridized carbons (Fsp3) is 0.500. The molecule has 1 saturated heterocycles. The predicted molar refractivity (Wildman–Crippen MR) is 132 cm³/mol. The van der Waals surface area contributed by atoms with Crippen LogP contribution in [0.3, 0.4) is 0 Å². The Morgan fingerprint density at radius 2 is 1.88 bits per heavy atom. The van der Waals surface area contributed by atoms with E-state index in [1.54, 1.807) is 6.92 Å². The first kappa shape index (κ1) is 24.0. The Labute approximate surface area is 202 Å². The minimum absolute atomic E-state index is 0.0203. The lowest BCUT2D eigenvalue weighted by Crippen LogP contribution is -2.41. The fourth-order valence-corrected chi connectivity index (χ4v) is 5.10. The van der Waals surface area contributed by atoms with E-state index in [0.717, 1.165) is 54.5 Å². The highest BCUT2D eigenvalue weighted by Crippen LogP contribution is 2.29. The molecule has 10 heteroatoms. The van der Waals surface area contributed by atoms with Crippen molar-refractivity contribution in [3.05, 3.63) is 45.9 Å². The Morgan fingerprint density at radius 1 is 1.15 bits per heavy atom. The lowest BCUT2D eigenvalue weighted by molar-refractivity contribution is -0.125. The van der Waals surface area contributed by atoms with Gasteiger partial charge in [-0.15, -0.1) is 5.10 Å². The number of piperidine rings is 1. The predicted octanol–water partition coefficient (Wildman–Crippen LogP) is 2.83. The number of aromatic nitrogens is 3. The van der Waals surface area contributed by atoms with Crippen molar-refractivity contribution in [1.29, 1.82) is 0 Å². The summed E-state index contributed by atoms with van der Waals surface area (Å²) in [6, 6.07) is 7.41. The number of fused-ring (bicyclic) bond motifs is 1. The van der Waals surface area contributed by atoms with E-state index in [-0.39, 0.29) is 17.4 Å². The second-order valence-corrected chi connectivity index (χ2v) is 9.20. The minimum Gasteiger partial charge on any atom is -0.490 e. The molecule has 1 N–H and O–H groups in total. The number of hydrogen-bond acceptors (Lipinski definition) is 8. The second-order valence-electron chi connectivity index (χ2n) is 8.26. The summed E-state index contributed by atoms with van der Waals surface area (Å²) in [4.78, 5) is 32.0. The van der Waals surface area contributed by atoms with Crippen LogP contribution in [0.1, 0.15) is 37.9 Å². The summed E-state index contributed by atoms with van der Waals surface area (Å²) in [5.41, 5.74) is 1.62. The molecule has 0 unspecified atom stereocenters. The van der Waals surface area contributed by atoms with Gasteiger partial charge in [0.25, 0.3) is 5.56 Å². The molecule has 0 bridgehead atoms. The number of rotatable bonds is 9. The lowest BCUT2D eigenvalue weighted by Gasteiger charge is -2.30. The van der Waals surface area contributed by atoms with E-state index in [4.69, 9.17) is 9.47 Å². The number of nitrogens with one attached hydrogen (secondary N) is 1. The van der Waals surface area contributed by atoms with Gasteiger partial charge >= 0.3 is 0 Å². The molecule has 0 spiro atoms. The molecule has 182 valence electrons. The summed E-state index contributed by atoms with van der Waals surface area (Å²) < 4.78 is 12.7. The standard InChI is InChI=1S/C24H31N5O4S/c1-4-32-19-7-6-17(15-20(19)33-5-2)8-11-25-22(31)18-9-12-28(13-10-18)24-27-29-21(30)14-16(3)26-23(29)34-24/h6-7,14-15,18H,4-5,8-13H2,1-3H3,(H,25,31). The molecule has 1 aliphatic heterocycles. The number of aryl methyl sites for hydroxylation is 1. The van der Waals surface area contributed by atoms with E-state index in [1.807, 2.05) is 32.0 Å². The van der Waals surface area contributed by atoms with Gasteiger partial charge in [0.2, 0.25) is 16.0 Å². The van der Waals surface area contributed by atoms with E-state index in [0.29, 0.717) is 30.4 Å². The molecule has 0 radical (unpaired) electrons. The van der Waals surface area contributed by atoms with E-state index in [1.165, 1.54) is 21.9 Å². The third-order valence-electron chi connectivity index (χ3n) is 5.82. The maximum atomic E-state index is 12.7. The third-order valence-corrected chi connectivity index (χ3v) is 6.79. The smallest absolute Gasteiger partial charge is 0.275 e. The van der Waals surface area contributed by atoms with Crippen molar-refractivity contribution in [2.24, 2.45) is 5.92 Å². The molecule has 4 rings (SSSR count). The summed E-state index contributed by atoms with van der Waals surface area (Å²) in [7, 11) is 0. The summed E-state index contributed by atoms with van der Waals surface area (Å²) in [6.45, 7) is 8.88. The van der Waals surface area contributed by atoms with Gasteiger partial charge in [-0.05, 0) is 57.7 Å². The van der Waals surface area contributed by atoms with Crippen LogP contribution in [0.5, 0.6) is 11.5 Å². The number of carbonyl (C=O) groups is 1. The van der Waals surface area contributed by atoms with Gasteiger partial charge in [-0.2, -0.15) is 4.52 Å². The Balaban J connectivity index is 1.28. The Morgan fingerprint density at radius 3 is 2.62 bits per heavy atom. The van der Waals surface area contributed by atoms with E-state index >= 15 is 0 Å². The van der Waals surface area contributed by atoms with Crippen LogP contribution in [0.25, 0.3) is 4.96 Å². The van der Waals surface area contributed by atoms with Crippen molar-refractivity contribution in [3.63, 3.8) is 0 Å². The van der Waals surface area contributed by atoms with Crippen molar-refractivity contribution in [3.8, 4) is 11.5 Å². The average Bonchev–Trinajstić information content (AvgIpc) is 3.25. The minimum atomic E-state index is -0.167. The zero-order valence-corrected chi connectivity index (χ0v) is 20.7. The quantitative estimate of drug-likeness (QED) is 0.498. The highest BCUT2D eigenvalue weighted by Gasteiger charge is 2.26. The summed E-state index contributed by atoms with van der Waals surface area (Å²) >= 11 is 1.41. The monoisotopic (exact) mass is 485 g/mol. The number of amides is 1. The molecule has 0 aliphatic carbocycles. The number of anilines is 1. The van der Waals surface area contributed by atoms with E-state index in [2.05, 4.69) is 20.3 Å². The number of ether oxygens (including phenoxy) is 2. The Hall–Kier alpha value is -3.14. The molecule has 9 nitrogen and oxygen atoms in total. The average molecular weight is 486 g/mol. The van der Waals surface area contributed by atoms with Crippen LogP contribution in [0.4, 0.5) is 5.13 Å². The lowest BCUT2D eigenvalue weighted by atomic mass is 9.96. The van der Waals surface area contributed by atoms with Crippen LogP contribution in [-0.4, -0.2) is 53.4 Å². The third kappa shape index (κ3) is 5.49. The number of hydrogen-bond donors (Lipinski definition) is 1. The van der Waals surface area contributed by atoms with Gasteiger partial charge in [-0.3, -0.25) is 9.59 Å². The molecule has 3 heterocycles. The van der Waals surface area contributed by atoms with E-state index < -0.39 is 0 Å². The summed E-state index contributed by atoms with van der Waals surface area (Å²) in [5.74, 6) is 1.55. The van der Waals surface area contributed by atoms with Gasteiger partial charge in [-0.1, -0.05) is 17.4 Å². The number of benzene rings is 1. The summed E-state index contributed by atoms with van der Waals surface area (Å²) in [5, 5.41) is 8.29. The number of nitrogens with zero attached hydrogens (tertiary/aromatic N) is 4. The summed E-state index contributed by atoms with van der Waals surface area (Å²) in [6.07, 6.45) is 2.23. The fourth-order valence-electron chi connectivity index (χ4n) is 4.10. The maximum absolute atomic E-state index is 12.7. The Bertz CT molecular complexity index is 1200. The molecular weight excluding hydrogens is 454 g/mol. The molecule has 0 atom stereocenters. The first-order chi connectivity index (χ1) is 16.5. The second kappa shape index (κ2) is 10.9. The van der Waals surface area contributed by atoms with Crippen LogP contribution >= 0.6 is 11.3 Å². The van der Waals surface area contributed by atoms with Gasteiger partial charge < -0.3 is 19.7 Å². The molecule has 0 saturated carbocycles. The molecule has 1 amide bonds. The van der Waals surface area contributed by atoms with Crippen LogP contribution in [-0.2, 0) is 11.2 Å². The zero-order chi connectivity index (χ0) is 24.1. The van der Waals surface area contributed by atoms with Gasteiger partial charge in [0.05, 0.1) is 13.2 Å². The van der Waals surface area contributed by atoms with Crippen molar-refractivity contribution in [2.75, 3.05) is 37.7 Å². The highest BCUT2D eigenvalue weighted by atomic mass is 32.1. The van der Waals surface area contributed by atoms with Crippen LogP contribution in [0.2, 0.25) is 0 Å². The molecule has 1 aromatic carbocycles. The molecule has 3 aromatic rings. The first-order valence-corrected chi connectivity index (χ1v) is 12.6. The molecule has 1 aliphatic rings. The molecular formula is C24H31N5O4S. The zero-order valence-electron chi connectivity index (χ0n) is 19.9.